The molecule has 110 valence electrons. The normalized spacial score (nSPS) is 19.6. The summed E-state index contributed by atoms with van der Waals surface area (Å²) in [6.07, 6.45) is 0.198. The van der Waals surface area contributed by atoms with Crippen molar-refractivity contribution in [3.05, 3.63) is 34.9 Å². The zero-order chi connectivity index (χ0) is 14.8. The van der Waals surface area contributed by atoms with E-state index < -0.39 is 10.0 Å². The van der Waals surface area contributed by atoms with Gasteiger partial charge >= 0.3 is 0 Å². The van der Waals surface area contributed by atoms with Gasteiger partial charge in [0.25, 0.3) is 0 Å². The van der Waals surface area contributed by atoms with Gasteiger partial charge in [-0.05, 0) is 18.6 Å². The standard InChI is InChI=1S/C13H17ClN2O3S/c1-2-20(18,19)15-11-7-13(17)16(9-11)8-10-5-3-4-6-12(10)14/h3-6,11,15H,2,7-9H2,1H3. The highest BCUT2D eigenvalue weighted by molar-refractivity contribution is 7.89. The lowest BCUT2D eigenvalue weighted by atomic mass is 10.2. The maximum absolute atomic E-state index is 11.9. The van der Waals surface area contributed by atoms with Gasteiger partial charge in [0.2, 0.25) is 15.9 Å². The zero-order valence-electron chi connectivity index (χ0n) is 11.2. The predicted octanol–water partition coefficient (Wildman–Crippen LogP) is 1.38. The van der Waals surface area contributed by atoms with E-state index in [1.165, 1.54) is 0 Å². The minimum Gasteiger partial charge on any atom is -0.337 e. The van der Waals surface area contributed by atoms with E-state index in [1.807, 2.05) is 18.2 Å². The number of carbonyl (C=O) groups is 1. The quantitative estimate of drug-likeness (QED) is 0.892. The number of hydrogen-bond acceptors (Lipinski definition) is 3. The topological polar surface area (TPSA) is 66.5 Å². The summed E-state index contributed by atoms with van der Waals surface area (Å²) in [5.74, 6) is -0.0453. The number of nitrogens with one attached hydrogen (secondary N) is 1. The molecule has 2 rings (SSSR count). The molecular weight excluding hydrogens is 300 g/mol. The Bertz CT molecular complexity index is 603. The van der Waals surface area contributed by atoms with Crippen LogP contribution in [0.25, 0.3) is 0 Å². The van der Waals surface area contributed by atoms with Crippen LogP contribution in [0.4, 0.5) is 0 Å². The molecule has 1 fully saturated rings. The minimum atomic E-state index is -3.29. The minimum absolute atomic E-state index is 0.0161. The summed E-state index contributed by atoms with van der Waals surface area (Å²) in [5, 5.41) is 0.609. The Kier molecular flexibility index (Phi) is 4.67. The van der Waals surface area contributed by atoms with E-state index in [2.05, 4.69) is 4.72 Å². The summed E-state index contributed by atoms with van der Waals surface area (Å²) < 4.78 is 25.6. The van der Waals surface area contributed by atoms with Gasteiger partial charge in [-0.1, -0.05) is 29.8 Å². The van der Waals surface area contributed by atoms with Crippen molar-refractivity contribution in [2.24, 2.45) is 0 Å². The fourth-order valence-electron chi connectivity index (χ4n) is 2.17. The lowest BCUT2D eigenvalue weighted by molar-refractivity contribution is -0.128. The second-order valence-corrected chi connectivity index (χ2v) is 7.24. The number of sulfonamides is 1. The number of likely N-dealkylation sites (tertiary alicyclic amines) is 1. The second kappa shape index (κ2) is 6.11. The SMILES string of the molecule is CCS(=O)(=O)NC1CC(=O)N(Cc2ccccc2Cl)C1. The van der Waals surface area contributed by atoms with E-state index >= 15 is 0 Å². The fourth-order valence-corrected chi connectivity index (χ4v) is 3.20. The molecule has 1 saturated heterocycles. The maximum Gasteiger partial charge on any atom is 0.224 e. The Morgan fingerprint density at radius 3 is 2.75 bits per heavy atom. The van der Waals surface area contributed by atoms with E-state index in [9.17, 15) is 13.2 Å². The van der Waals surface area contributed by atoms with E-state index in [0.29, 0.717) is 18.1 Å². The van der Waals surface area contributed by atoms with Crippen LogP contribution in [0.15, 0.2) is 24.3 Å². The highest BCUT2D eigenvalue weighted by atomic mass is 35.5. The molecule has 1 aliphatic heterocycles. The Morgan fingerprint density at radius 1 is 1.40 bits per heavy atom. The molecule has 5 nitrogen and oxygen atoms in total. The van der Waals surface area contributed by atoms with Crippen LogP contribution in [0.2, 0.25) is 5.02 Å². The lowest BCUT2D eigenvalue weighted by Gasteiger charge is -2.17. The first-order chi connectivity index (χ1) is 9.41. The van der Waals surface area contributed by atoms with Crippen LogP contribution in [0, 0.1) is 0 Å². The van der Waals surface area contributed by atoms with Gasteiger partial charge < -0.3 is 4.90 Å². The van der Waals surface area contributed by atoms with Gasteiger partial charge in [0.1, 0.15) is 0 Å². The summed E-state index contributed by atoms with van der Waals surface area (Å²) in [6.45, 7) is 2.35. The number of hydrogen-bond donors (Lipinski definition) is 1. The van der Waals surface area contributed by atoms with Crippen molar-refractivity contribution in [1.82, 2.24) is 9.62 Å². The number of carbonyl (C=O) groups excluding carboxylic acids is 1. The highest BCUT2D eigenvalue weighted by Gasteiger charge is 2.31. The van der Waals surface area contributed by atoms with Gasteiger partial charge in [0, 0.05) is 30.6 Å². The summed E-state index contributed by atoms with van der Waals surface area (Å²) in [7, 11) is -3.29. The van der Waals surface area contributed by atoms with Gasteiger partial charge in [0.15, 0.2) is 0 Å². The predicted molar refractivity (Wildman–Crippen MR) is 77.9 cm³/mol. The Labute approximate surface area is 124 Å². The molecule has 1 atom stereocenters. The molecule has 0 radical (unpaired) electrons. The van der Waals surface area contributed by atoms with Crippen molar-refractivity contribution < 1.29 is 13.2 Å². The van der Waals surface area contributed by atoms with E-state index in [0.717, 1.165) is 5.56 Å². The van der Waals surface area contributed by atoms with Crippen molar-refractivity contribution >= 4 is 27.5 Å². The fraction of sp³-hybridized carbons (Fsp3) is 0.462. The molecule has 7 heteroatoms. The Balaban J connectivity index is 2.02. The molecule has 20 heavy (non-hydrogen) atoms. The van der Waals surface area contributed by atoms with Gasteiger partial charge in [-0.15, -0.1) is 0 Å². The molecule has 1 aromatic rings. The van der Waals surface area contributed by atoms with Crippen molar-refractivity contribution in [1.29, 1.82) is 0 Å². The molecule has 1 heterocycles. The number of halogens is 1. The summed E-state index contributed by atoms with van der Waals surface area (Å²) in [5.41, 5.74) is 0.863. The first kappa shape index (κ1) is 15.3. The molecule has 1 aliphatic rings. The van der Waals surface area contributed by atoms with E-state index in [4.69, 9.17) is 11.6 Å². The summed E-state index contributed by atoms with van der Waals surface area (Å²) in [4.78, 5) is 13.6. The number of benzene rings is 1. The average molecular weight is 317 g/mol. The van der Waals surface area contributed by atoms with Gasteiger partial charge in [-0.25, -0.2) is 13.1 Å². The van der Waals surface area contributed by atoms with Crippen LogP contribution >= 0.6 is 11.6 Å². The molecule has 0 saturated carbocycles. The van der Waals surface area contributed by atoms with Gasteiger partial charge in [0.05, 0.1) is 5.75 Å². The maximum atomic E-state index is 11.9. The number of amides is 1. The largest absolute Gasteiger partial charge is 0.337 e. The third kappa shape index (κ3) is 3.71. The van der Waals surface area contributed by atoms with Gasteiger partial charge in [-0.2, -0.15) is 0 Å². The average Bonchev–Trinajstić information content (AvgIpc) is 2.72. The molecule has 1 N–H and O–H groups in total. The Hall–Kier alpha value is -1.11. The van der Waals surface area contributed by atoms with Crippen LogP contribution in [-0.4, -0.2) is 37.6 Å². The molecule has 0 aliphatic carbocycles. The second-order valence-electron chi connectivity index (χ2n) is 4.79. The first-order valence-electron chi connectivity index (χ1n) is 6.42. The van der Waals surface area contributed by atoms with Gasteiger partial charge in [-0.3, -0.25) is 4.79 Å². The van der Waals surface area contributed by atoms with Crippen LogP contribution in [0.5, 0.6) is 0 Å². The first-order valence-corrected chi connectivity index (χ1v) is 8.45. The van der Waals surface area contributed by atoms with Crippen molar-refractivity contribution in [3.8, 4) is 0 Å². The zero-order valence-corrected chi connectivity index (χ0v) is 12.7. The summed E-state index contributed by atoms with van der Waals surface area (Å²) in [6, 6.07) is 6.97. The van der Waals surface area contributed by atoms with Crippen LogP contribution in [-0.2, 0) is 21.4 Å². The number of rotatable bonds is 5. The molecule has 1 aromatic carbocycles. The number of nitrogens with zero attached hydrogens (tertiary/aromatic N) is 1. The molecular formula is C13H17ClN2O3S. The summed E-state index contributed by atoms with van der Waals surface area (Å²) >= 11 is 6.07. The van der Waals surface area contributed by atoms with Crippen molar-refractivity contribution in [2.45, 2.75) is 25.9 Å². The van der Waals surface area contributed by atoms with E-state index in [-0.39, 0.29) is 24.1 Å². The molecule has 1 amide bonds. The third-order valence-corrected chi connectivity index (χ3v) is 5.08. The molecule has 0 bridgehead atoms. The van der Waals surface area contributed by atoms with Crippen molar-refractivity contribution in [2.75, 3.05) is 12.3 Å². The van der Waals surface area contributed by atoms with Crippen LogP contribution < -0.4 is 4.72 Å². The monoisotopic (exact) mass is 316 g/mol. The van der Waals surface area contributed by atoms with Crippen molar-refractivity contribution in [3.63, 3.8) is 0 Å². The molecule has 1 unspecified atom stereocenters. The Morgan fingerprint density at radius 2 is 2.10 bits per heavy atom. The van der Waals surface area contributed by atoms with Crippen LogP contribution in [0.3, 0.4) is 0 Å². The smallest absolute Gasteiger partial charge is 0.224 e. The molecule has 0 aromatic heterocycles. The third-order valence-electron chi connectivity index (χ3n) is 3.26. The lowest BCUT2D eigenvalue weighted by Crippen LogP contribution is -2.37. The van der Waals surface area contributed by atoms with Crippen LogP contribution in [0.1, 0.15) is 18.9 Å². The highest BCUT2D eigenvalue weighted by Crippen LogP contribution is 2.20. The molecule has 0 spiro atoms. The van der Waals surface area contributed by atoms with E-state index in [1.54, 1.807) is 17.9 Å².